The van der Waals surface area contributed by atoms with Crippen molar-refractivity contribution in [2.75, 3.05) is 0 Å². The van der Waals surface area contributed by atoms with Gasteiger partial charge in [0.25, 0.3) is 0 Å². The van der Waals surface area contributed by atoms with Crippen LogP contribution in [0, 0.1) is 7.14 Å². The zero-order valence-electron chi connectivity index (χ0n) is 25.7. The van der Waals surface area contributed by atoms with Crippen molar-refractivity contribution in [2.24, 2.45) is 0 Å². The summed E-state index contributed by atoms with van der Waals surface area (Å²) in [6.07, 6.45) is 5.42. The van der Waals surface area contributed by atoms with E-state index < -0.39 is 6.15 Å². The van der Waals surface area contributed by atoms with Crippen LogP contribution in [0.15, 0.2) is 176 Å². The van der Waals surface area contributed by atoms with E-state index in [1.807, 2.05) is 0 Å². The van der Waals surface area contributed by atoms with Gasteiger partial charge in [-0.2, -0.15) is 21.9 Å². The lowest BCUT2D eigenvalue weighted by atomic mass is 9.13. The van der Waals surface area contributed by atoms with E-state index in [-0.39, 0.29) is 21.2 Å². The Balaban J connectivity index is 0.000000182. The molecule has 220 valence electrons. The van der Waals surface area contributed by atoms with Crippen molar-refractivity contribution in [2.45, 2.75) is 39.0 Å². The van der Waals surface area contributed by atoms with Crippen LogP contribution in [0.1, 0.15) is 38.2 Å². The zero-order valence-corrected chi connectivity index (χ0v) is 27.9. The Morgan fingerprint density at radius 1 is 0.386 bits per heavy atom. The smallest absolute Gasteiger partial charge is 0.195 e. The van der Waals surface area contributed by atoms with Gasteiger partial charge in [-0.3, -0.25) is 0 Å². The summed E-state index contributed by atoms with van der Waals surface area (Å²) < 4.78 is 3.01. The summed E-state index contributed by atoms with van der Waals surface area (Å²) >= 11 is -0.00366. The Labute approximate surface area is 275 Å². The van der Waals surface area contributed by atoms with Gasteiger partial charge < -0.3 is 0 Å². The lowest BCUT2D eigenvalue weighted by Crippen LogP contribution is -3.61. The molecule has 6 rings (SSSR count). The number of aryl methyl sites for hydroxylation is 1. The Kier molecular flexibility index (Phi) is 12.1. The van der Waals surface area contributed by atoms with E-state index >= 15 is 0 Å². The molecule has 0 bridgehead atoms. The summed E-state index contributed by atoms with van der Waals surface area (Å²) in [4.78, 5) is 0. The highest BCUT2D eigenvalue weighted by Crippen LogP contribution is 2.09. The van der Waals surface area contributed by atoms with Crippen LogP contribution in [0.25, 0.3) is 0 Å². The van der Waals surface area contributed by atoms with Crippen LogP contribution in [0.5, 0.6) is 0 Å². The number of hydrogen-bond acceptors (Lipinski definition) is 0. The molecule has 0 fully saturated rings. The molecular weight excluding hydrogens is 642 g/mol. The van der Waals surface area contributed by atoms with Crippen molar-refractivity contribution in [3.63, 3.8) is 0 Å². The number of hydrogen-bond donors (Lipinski definition) is 0. The molecule has 0 aliphatic rings. The highest BCUT2D eigenvalue weighted by Gasteiger charge is 2.31. The molecule has 6 aromatic rings. The molecule has 6 aromatic carbocycles. The van der Waals surface area contributed by atoms with E-state index in [2.05, 4.69) is 183 Å². The summed E-state index contributed by atoms with van der Waals surface area (Å²) in [6, 6.07) is 63.7. The molecule has 0 N–H and O–H groups in total. The summed E-state index contributed by atoms with van der Waals surface area (Å²) in [5, 5.41) is 0. The monoisotopic (exact) mass is 684 g/mol. The molecule has 0 amide bonds. The van der Waals surface area contributed by atoms with E-state index in [1.54, 1.807) is 0 Å². The highest BCUT2D eigenvalue weighted by molar-refractivity contribution is 7.19. The molecule has 0 spiro atoms. The number of halogens is 1. The first-order valence-electron chi connectivity index (χ1n) is 16.0. The zero-order chi connectivity index (χ0) is 30.3. The van der Waals surface area contributed by atoms with E-state index in [0.29, 0.717) is 0 Å². The largest absolute Gasteiger partial charge is 0.357 e. The van der Waals surface area contributed by atoms with Gasteiger partial charge in [-0.25, -0.2) is 0 Å². The first-order valence-corrected chi connectivity index (χ1v) is 18.1. The van der Waals surface area contributed by atoms with Crippen molar-refractivity contribution < 1.29 is 21.2 Å². The van der Waals surface area contributed by atoms with Gasteiger partial charge in [-0.05, 0) is 42.7 Å². The minimum atomic E-state index is -1.22. The van der Waals surface area contributed by atoms with Crippen LogP contribution in [0.4, 0.5) is 0 Å². The van der Waals surface area contributed by atoms with E-state index in [4.69, 9.17) is 0 Å². The molecule has 0 atom stereocenters. The fourth-order valence-corrected chi connectivity index (χ4v) is 8.41. The highest BCUT2D eigenvalue weighted by atomic mass is 127. The fourth-order valence-electron chi connectivity index (χ4n) is 6.20. The molecule has 0 heterocycles. The van der Waals surface area contributed by atoms with Crippen LogP contribution in [0.2, 0.25) is 0 Å². The number of benzene rings is 6. The maximum atomic E-state index is 2.33. The predicted molar refractivity (Wildman–Crippen MR) is 188 cm³/mol. The summed E-state index contributed by atoms with van der Waals surface area (Å²) in [5.74, 6) is 0. The SMILES string of the molecule is CCCCCCc1ccc([I+]c2ccccc2)cc1.c1ccc([B-](c2ccccc2)(c2ccccc2)c2ccccc2)cc1. The van der Waals surface area contributed by atoms with Gasteiger partial charge in [0, 0.05) is 0 Å². The molecule has 0 radical (unpaired) electrons. The van der Waals surface area contributed by atoms with Gasteiger partial charge in [0.15, 0.2) is 7.14 Å². The van der Waals surface area contributed by atoms with Crippen molar-refractivity contribution in [1.29, 1.82) is 0 Å². The average molecular weight is 685 g/mol. The molecule has 0 aliphatic heterocycles. The van der Waals surface area contributed by atoms with Crippen molar-refractivity contribution in [3.05, 3.63) is 189 Å². The van der Waals surface area contributed by atoms with E-state index in [1.165, 1.54) is 66.7 Å². The van der Waals surface area contributed by atoms with Crippen LogP contribution in [-0.4, -0.2) is 6.15 Å². The third kappa shape index (κ3) is 8.18. The lowest BCUT2D eigenvalue weighted by Gasteiger charge is -2.44. The Morgan fingerprint density at radius 3 is 1.14 bits per heavy atom. The first-order chi connectivity index (χ1) is 21.8. The molecule has 0 aromatic heterocycles. The van der Waals surface area contributed by atoms with Crippen molar-refractivity contribution in [1.82, 2.24) is 0 Å². The molecular formula is C42H42BI. The molecule has 44 heavy (non-hydrogen) atoms. The van der Waals surface area contributed by atoms with Gasteiger partial charge >= 0.3 is 21.2 Å². The minimum absolute atomic E-state index is 0.00366. The van der Waals surface area contributed by atoms with E-state index in [9.17, 15) is 0 Å². The second-order valence-electron chi connectivity index (χ2n) is 11.3. The average Bonchev–Trinajstić information content (AvgIpc) is 3.11. The van der Waals surface area contributed by atoms with Gasteiger partial charge in [-0.15, -0.1) is 0 Å². The first kappa shape index (κ1) is 31.5. The maximum absolute atomic E-state index is 2.33. The van der Waals surface area contributed by atoms with Crippen LogP contribution in [-0.2, 0) is 6.42 Å². The topological polar surface area (TPSA) is 0 Å². The Morgan fingerprint density at radius 2 is 0.750 bits per heavy atom. The Bertz CT molecular complexity index is 1460. The molecule has 0 saturated carbocycles. The summed E-state index contributed by atoms with van der Waals surface area (Å²) in [6.45, 7) is 2.27. The second kappa shape index (κ2) is 16.8. The standard InChI is InChI=1S/C24H20B.C18H22I/c1-5-13-21(14-6-1)25(22-15-7-2-8-16-22,23-17-9-3-10-18-23)24-19-11-4-12-20-24;1-2-3-4-6-9-16-12-14-18(15-13-16)19-17-10-7-5-8-11-17/h1-20H;5,7-8,10-15H,2-4,6,9H2,1H3/q-1;+1. The Hall–Kier alpha value is -3.89. The molecule has 2 heteroatoms. The predicted octanol–water partition coefficient (Wildman–Crippen LogP) is 5.00. The molecule has 0 unspecified atom stereocenters. The van der Waals surface area contributed by atoms with Crippen molar-refractivity contribution in [3.8, 4) is 0 Å². The maximum Gasteiger partial charge on any atom is 0.357 e. The summed E-state index contributed by atoms with van der Waals surface area (Å²) in [7, 11) is 0. The molecule has 0 nitrogen and oxygen atoms in total. The quantitative estimate of drug-likeness (QED) is 0.103. The lowest BCUT2D eigenvalue weighted by molar-refractivity contribution is -0.597. The van der Waals surface area contributed by atoms with Crippen LogP contribution in [0.3, 0.4) is 0 Å². The fraction of sp³-hybridized carbons (Fsp3) is 0.143. The number of unbranched alkanes of at least 4 members (excludes halogenated alkanes) is 3. The van der Waals surface area contributed by atoms with Gasteiger partial charge in [0.2, 0.25) is 0 Å². The summed E-state index contributed by atoms with van der Waals surface area (Å²) in [5.41, 5.74) is 6.85. The van der Waals surface area contributed by atoms with Gasteiger partial charge in [0.1, 0.15) is 6.15 Å². The normalized spacial score (nSPS) is 10.9. The van der Waals surface area contributed by atoms with Crippen LogP contribution >= 0.6 is 0 Å². The number of rotatable bonds is 11. The second-order valence-corrected chi connectivity index (χ2v) is 14.4. The van der Waals surface area contributed by atoms with Crippen molar-refractivity contribution >= 4 is 28.0 Å². The van der Waals surface area contributed by atoms with Gasteiger partial charge in [0.05, 0.1) is 0 Å². The third-order valence-corrected chi connectivity index (χ3v) is 11.1. The minimum Gasteiger partial charge on any atom is -0.195 e. The third-order valence-electron chi connectivity index (χ3n) is 8.38. The molecule has 0 aliphatic carbocycles. The van der Waals surface area contributed by atoms with Crippen LogP contribution < -0.4 is 43.1 Å². The van der Waals surface area contributed by atoms with Gasteiger partial charge in [-0.1, -0.05) is 178 Å². The molecule has 0 saturated heterocycles. The van der Waals surface area contributed by atoms with E-state index in [0.717, 1.165) is 0 Å².